The Morgan fingerprint density at radius 3 is 2.64 bits per heavy atom. The largest absolute Gasteiger partial charge is 0.366 e. The van der Waals surface area contributed by atoms with Gasteiger partial charge in [-0.2, -0.15) is 4.98 Å². The Bertz CT molecular complexity index is 966. The molecule has 4 rings (SSSR count). The Kier molecular flexibility index (Phi) is 5.67. The number of fused-ring (bicyclic) bond motifs is 1. The van der Waals surface area contributed by atoms with Gasteiger partial charge in [-0.25, -0.2) is 4.98 Å². The van der Waals surface area contributed by atoms with Crippen molar-refractivity contribution in [1.82, 2.24) is 9.97 Å². The number of para-hydroxylation sites is 1. The summed E-state index contributed by atoms with van der Waals surface area (Å²) in [7, 11) is 0. The first-order valence-corrected chi connectivity index (χ1v) is 10.6. The first-order chi connectivity index (χ1) is 13.6. The molecule has 0 spiro atoms. The SMILES string of the molecule is CC[C@@H](Nc1nc(Nc2ccc(C)c(Cl)c2)nc2ccccc12)C1CCCC1. The van der Waals surface area contributed by atoms with Crippen LogP contribution >= 0.6 is 11.6 Å². The molecule has 0 radical (unpaired) electrons. The first-order valence-electron chi connectivity index (χ1n) is 10.2. The molecule has 2 aromatic carbocycles. The fourth-order valence-electron chi connectivity index (χ4n) is 4.13. The van der Waals surface area contributed by atoms with Crippen molar-refractivity contribution in [1.29, 1.82) is 0 Å². The van der Waals surface area contributed by atoms with Crippen molar-refractivity contribution in [3.05, 3.63) is 53.1 Å². The molecule has 146 valence electrons. The summed E-state index contributed by atoms with van der Waals surface area (Å²) in [4.78, 5) is 9.54. The molecule has 0 unspecified atom stereocenters. The van der Waals surface area contributed by atoms with Crippen molar-refractivity contribution < 1.29 is 0 Å². The number of benzene rings is 2. The van der Waals surface area contributed by atoms with Crippen LogP contribution in [0.5, 0.6) is 0 Å². The summed E-state index contributed by atoms with van der Waals surface area (Å²) < 4.78 is 0. The van der Waals surface area contributed by atoms with Gasteiger partial charge in [-0.05, 0) is 61.9 Å². The molecule has 0 bridgehead atoms. The van der Waals surface area contributed by atoms with Crippen molar-refractivity contribution in [2.24, 2.45) is 5.92 Å². The minimum atomic E-state index is 0.447. The molecule has 2 N–H and O–H groups in total. The number of aromatic nitrogens is 2. The Hall–Kier alpha value is -2.33. The molecule has 1 saturated carbocycles. The lowest BCUT2D eigenvalue weighted by molar-refractivity contribution is 0.446. The summed E-state index contributed by atoms with van der Waals surface area (Å²) in [5.41, 5.74) is 2.87. The number of halogens is 1. The van der Waals surface area contributed by atoms with Gasteiger partial charge in [0, 0.05) is 22.1 Å². The smallest absolute Gasteiger partial charge is 0.229 e. The van der Waals surface area contributed by atoms with Crippen LogP contribution in [0.15, 0.2) is 42.5 Å². The highest BCUT2D eigenvalue weighted by Crippen LogP contribution is 2.32. The molecule has 5 heteroatoms. The maximum Gasteiger partial charge on any atom is 0.229 e. The standard InChI is InChI=1S/C23H27ClN4/c1-3-20(16-8-4-5-9-16)26-22-18-10-6-7-11-21(18)27-23(28-22)25-17-13-12-15(2)19(24)14-17/h6-7,10-14,16,20H,3-5,8-9H2,1-2H3,(H2,25,26,27,28)/t20-/m1/s1. The molecule has 0 saturated heterocycles. The number of anilines is 3. The van der Waals surface area contributed by atoms with Crippen LogP contribution in [0.4, 0.5) is 17.5 Å². The normalized spacial score (nSPS) is 15.7. The zero-order valence-corrected chi connectivity index (χ0v) is 17.3. The van der Waals surface area contributed by atoms with E-state index in [-0.39, 0.29) is 0 Å². The van der Waals surface area contributed by atoms with Gasteiger partial charge in [0.2, 0.25) is 5.95 Å². The van der Waals surface area contributed by atoms with Crippen LogP contribution in [0.25, 0.3) is 10.9 Å². The zero-order chi connectivity index (χ0) is 19.5. The minimum absolute atomic E-state index is 0.447. The third-order valence-electron chi connectivity index (χ3n) is 5.76. The number of hydrogen-bond acceptors (Lipinski definition) is 4. The Morgan fingerprint density at radius 2 is 1.89 bits per heavy atom. The third-order valence-corrected chi connectivity index (χ3v) is 6.17. The molecule has 1 heterocycles. The average Bonchev–Trinajstić information content (AvgIpc) is 3.23. The lowest BCUT2D eigenvalue weighted by atomic mass is 9.96. The maximum absolute atomic E-state index is 6.27. The van der Waals surface area contributed by atoms with E-state index >= 15 is 0 Å². The van der Waals surface area contributed by atoms with Gasteiger partial charge >= 0.3 is 0 Å². The number of hydrogen-bond donors (Lipinski definition) is 2. The van der Waals surface area contributed by atoms with Gasteiger partial charge in [-0.1, -0.05) is 49.6 Å². The zero-order valence-electron chi connectivity index (χ0n) is 16.5. The summed E-state index contributed by atoms with van der Waals surface area (Å²) in [6.07, 6.45) is 6.39. The second kappa shape index (κ2) is 8.36. The fourth-order valence-corrected chi connectivity index (χ4v) is 4.31. The third kappa shape index (κ3) is 4.07. The van der Waals surface area contributed by atoms with E-state index in [0.29, 0.717) is 12.0 Å². The van der Waals surface area contributed by atoms with Crippen molar-refractivity contribution >= 4 is 40.0 Å². The summed E-state index contributed by atoms with van der Waals surface area (Å²) >= 11 is 6.27. The molecule has 28 heavy (non-hydrogen) atoms. The van der Waals surface area contributed by atoms with Crippen molar-refractivity contribution in [2.45, 2.75) is 52.0 Å². The van der Waals surface area contributed by atoms with Gasteiger partial charge < -0.3 is 10.6 Å². The van der Waals surface area contributed by atoms with Crippen LogP contribution in [0.1, 0.15) is 44.6 Å². The van der Waals surface area contributed by atoms with Gasteiger partial charge in [-0.3, -0.25) is 0 Å². The molecule has 3 aromatic rings. The van der Waals surface area contributed by atoms with Crippen LogP contribution in [0, 0.1) is 12.8 Å². The topological polar surface area (TPSA) is 49.8 Å². The Morgan fingerprint density at radius 1 is 1.11 bits per heavy atom. The second-order valence-electron chi connectivity index (χ2n) is 7.71. The number of aryl methyl sites for hydroxylation is 1. The van der Waals surface area contributed by atoms with Gasteiger partial charge in [0.05, 0.1) is 5.52 Å². The molecular formula is C23H27ClN4. The molecule has 0 aliphatic heterocycles. The molecule has 4 nitrogen and oxygen atoms in total. The first kappa shape index (κ1) is 19.0. The Labute approximate surface area is 171 Å². The van der Waals surface area contributed by atoms with Crippen LogP contribution < -0.4 is 10.6 Å². The molecule has 1 aromatic heterocycles. The lowest BCUT2D eigenvalue weighted by Gasteiger charge is -2.25. The molecule has 0 amide bonds. The van der Waals surface area contributed by atoms with E-state index in [9.17, 15) is 0 Å². The molecule has 1 fully saturated rings. The summed E-state index contributed by atoms with van der Waals surface area (Å²) in [6, 6.07) is 14.5. The van der Waals surface area contributed by atoms with E-state index in [4.69, 9.17) is 21.6 Å². The predicted molar refractivity (Wildman–Crippen MR) is 119 cm³/mol. The summed E-state index contributed by atoms with van der Waals surface area (Å²) in [5, 5.41) is 8.86. The van der Waals surface area contributed by atoms with Crippen molar-refractivity contribution in [3.8, 4) is 0 Å². The molecule has 1 aliphatic rings. The van der Waals surface area contributed by atoms with Gasteiger partial charge in [0.25, 0.3) is 0 Å². The van der Waals surface area contributed by atoms with Gasteiger partial charge in [-0.15, -0.1) is 0 Å². The van der Waals surface area contributed by atoms with E-state index in [1.54, 1.807) is 0 Å². The van der Waals surface area contributed by atoms with E-state index in [0.717, 1.165) is 45.3 Å². The highest BCUT2D eigenvalue weighted by atomic mass is 35.5. The van der Waals surface area contributed by atoms with Crippen LogP contribution in [-0.4, -0.2) is 16.0 Å². The minimum Gasteiger partial charge on any atom is -0.366 e. The van der Waals surface area contributed by atoms with Crippen molar-refractivity contribution in [3.63, 3.8) is 0 Å². The quantitative estimate of drug-likeness (QED) is 0.487. The number of rotatable bonds is 6. The van der Waals surface area contributed by atoms with Gasteiger partial charge in [0.15, 0.2) is 0 Å². The maximum atomic E-state index is 6.27. The van der Waals surface area contributed by atoms with Gasteiger partial charge in [0.1, 0.15) is 5.82 Å². The highest BCUT2D eigenvalue weighted by Gasteiger charge is 2.24. The summed E-state index contributed by atoms with van der Waals surface area (Å²) in [6.45, 7) is 4.25. The van der Waals surface area contributed by atoms with E-state index in [1.165, 1.54) is 25.7 Å². The fraction of sp³-hybridized carbons (Fsp3) is 0.391. The van der Waals surface area contributed by atoms with E-state index < -0.39 is 0 Å². The summed E-state index contributed by atoms with van der Waals surface area (Å²) in [5.74, 6) is 2.22. The number of nitrogens with one attached hydrogen (secondary N) is 2. The predicted octanol–water partition coefficient (Wildman–Crippen LogP) is 6.72. The average molecular weight is 395 g/mol. The molecular weight excluding hydrogens is 368 g/mol. The van der Waals surface area contributed by atoms with Crippen molar-refractivity contribution in [2.75, 3.05) is 10.6 Å². The second-order valence-corrected chi connectivity index (χ2v) is 8.11. The lowest BCUT2D eigenvalue weighted by Crippen LogP contribution is -2.27. The van der Waals surface area contributed by atoms with E-state index in [2.05, 4.69) is 23.6 Å². The van der Waals surface area contributed by atoms with E-state index in [1.807, 2.05) is 43.3 Å². The van der Waals surface area contributed by atoms with Crippen LogP contribution in [0.3, 0.4) is 0 Å². The monoisotopic (exact) mass is 394 g/mol. The van der Waals surface area contributed by atoms with Crippen LogP contribution in [0.2, 0.25) is 5.02 Å². The van der Waals surface area contributed by atoms with Crippen LogP contribution in [-0.2, 0) is 0 Å². The highest BCUT2D eigenvalue weighted by molar-refractivity contribution is 6.31. The Balaban J connectivity index is 1.67. The molecule has 1 aliphatic carbocycles. The number of nitrogens with zero attached hydrogens (tertiary/aromatic N) is 2. The molecule has 1 atom stereocenters.